The highest BCUT2D eigenvalue weighted by molar-refractivity contribution is 7.20. The highest BCUT2D eigenvalue weighted by Gasteiger charge is 2.43. The summed E-state index contributed by atoms with van der Waals surface area (Å²) in [6, 6.07) is 101. The van der Waals surface area contributed by atoms with Crippen molar-refractivity contribution < 1.29 is 0 Å². The molecule has 3 aromatic heterocycles. The predicted octanol–water partition coefficient (Wildman–Crippen LogP) is 14.0. The van der Waals surface area contributed by atoms with Gasteiger partial charge in [0.2, 0.25) is 0 Å². The predicted molar refractivity (Wildman–Crippen MR) is 299 cm³/mol. The molecule has 0 aliphatic rings. The second kappa shape index (κ2) is 16.1. The monoisotopic (exact) mass is 907 g/mol. The number of fused-ring (bicyclic) bond motifs is 9. The highest BCUT2D eigenvalue weighted by atomic mass is 28.3. The molecule has 3 nitrogen and oxygen atoms in total. The van der Waals surface area contributed by atoms with Crippen molar-refractivity contribution in [2.45, 2.75) is 0 Å². The summed E-state index contributed by atoms with van der Waals surface area (Å²) in [6.45, 7) is 0. The zero-order valence-corrected chi connectivity index (χ0v) is 39.3. The first-order chi connectivity index (χ1) is 34.8. The molecule has 0 amide bonds. The molecule has 0 fully saturated rings. The molecular formula is C66H45N3Si. The molecule has 14 rings (SSSR count). The lowest BCUT2D eigenvalue weighted by Gasteiger charge is -2.35. The van der Waals surface area contributed by atoms with Crippen molar-refractivity contribution in [2.24, 2.45) is 0 Å². The number of para-hydroxylation sites is 5. The zero-order chi connectivity index (χ0) is 46.2. The highest BCUT2D eigenvalue weighted by Crippen LogP contribution is 2.41. The van der Waals surface area contributed by atoms with Gasteiger partial charge in [0.15, 0.2) is 8.07 Å². The summed E-state index contributed by atoms with van der Waals surface area (Å²) in [7, 11) is -3.04. The van der Waals surface area contributed by atoms with Crippen LogP contribution >= 0.6 is 0 Å². The van der Waals surface area contributed by atoms with E-state index in [0.29, 0.717) is 0 Å². The number of benzene rings is 11. The van der Waals surface area contributed by atoms with E-state index in [4.69, 9.17) is 0 Å². The molecule has 0 aliphatic carbocycles. The van der Waals surface area contributed by atoms with Crippen LogP contribution in [0.15, 0.2) is 273 Å². The Morgan fingerprint density at radius 2 is 0.657 bits per heavy atom. The molecule has 0 saturated heterocycles. The molecule has 0 radical (unpaired) electrons. The summed E-state index contributed by atoms with van der Waals surface area (Å²) in [6.07, 6.45) is 0. The lowest BCUT2D eigenvalue weighted by Crippen LogP contribution is -2.75. The Balaban J connectivity index is 1.11. The lowest BCUT2D eigenvalue weighted by atomic mass is 10.0. The van der Waals surface area contributed by atoms with Crippen LogP contribution in [-0.4, -0.2) is 21.8 Å². The van der Waals surface area contributed by atoms with Gasteiger partial charge in [0.05, 0.1) is 38.8 Å². The Morgan fingerprint density at radius 1 is 0.257 bits per heavy atom. The van der Waals surface area contributed by atoms with Gasteiger partial charge in [-0.25, -0.2) is 0 Å². The molecule has 3 heterocycles. The van der Waals surface area contributed by atoms with Gasteiger partial charge < -0.3 is 13.7 Å². The standard InChI is InChI=1S/C66H45N3Si/c1-5-22-46(23-6-1)52-30-13-17-35-59(52)69-62-38-20-16-33-55(62)57-45-48(41-43-64(57)69)68-63-42-40-47(67-60-36-18-14-31-53(60)54-32-15-19-37-61(54)67)44-58(63)56-34-21-39-65(66(56)68)70(49-24-7-2-8-25-49,50-26-9-3-10-27-50)51-28-11-4-12-29-51/h1-45H. The topological polar surface area (TPSA) is 14.8 Å². The minimum absolute atomic E-state index is 1.13. The molecule has 0 saturated carbocycles. The summed E-state index contributed by atoms with van der Waals surface area (Å²) in [4.78, 5) is 0. The van der Waals surface area contributed by atoms with Crippen molar-refractivity contribution >= 4 is 94.2 Å². The van der Waals surface area contributed by atoms with Gasteiger partial charge in [0.1, 0.15) is 0 Å². The first-order valence-electron chi connectivity index (χ1n) is 24.2. The van der Waals surface area contributed by atoms with Crippen molar-refractivity contribution in [3.05, 3.63) is 273 Å². The van der Waals surface area contributed by atoms with Crippen LogP contribution in [0.4, 0.5) is 0 Å². The molecule has 0 unspecified atom stereocenters. The van der Waals surface area contributed by atoms with Gasteiger partial charge in [0.25, 0.3) is 0 Å². The van der Waals surface area contributed by atoms with E-state index in [1.807, 2.05) is 0 Å². The number of hydrogen-bond donors (Lipinski definition) is 0. The minimum Gasteiger partial charge on any atom is -0.309 e. The van der Waals surface area contributed by atoms with E-state index in [0.717, 1.165) is 17.1 Å². The van der Waals surface area contributed by atoms with Crippen LogP contribution in [0.1, 0.15) is 0 Å². The van der Waals surface area contributed by atoms with Gasteiger partial charge in [-0.2, -0.15) is 0 Å². The second-order valence-corrected chi connectivity index (χ2v) is 22.2. The van der Waals surface area contributed by atoms with E-state index < -0.39 is 8.07 Å². The van der Waals surface area contributed by atoms with Crippen LogP contribution in [-0.2, 0) is 0 Å². The van der Waals surface area contributed by atoms with Gasteiger partial charge in [-0.15, -0.1) is 0 Å². The van der Waals surface area contributed by atoms with Crippen LogP contribution in [0.5, 0.6) is 0 Å². The molecule has 0 spiro atoms. The quantitative estimate of drug-likeness (QED) is 0.107. The first-order valence-corrected chi connectivity index (χ1v) is 26.2. The molecule has 0 atom stereocenters. The smallest absolute Gasteiger partial charge is 0.181 e. The van der Waals surface area contributed by atoms with Gasteiger partial charge >= 0.3 is 0 Å². The van der Waals surface area contributed by atoms with Crippen LogP contribution in [0.2, 0.25) is 0 Å². The lowest BCUT2D eigenvalue weighted by molar-refractivity contribution is 1.16. The normalized spacial score (nSPS) is 12.0. The van der Waals surface area contributed by atoms with Crippen molar-refractivity contribution in [2.75, 3.05) is 0 Å². The van der Waals surface area contributed by atoms with E-state index >= 15 is 0 Å². The average Bonchev–Trinajstić information content (AvgIpc) is 4.08. The summed E-state index contributed by atoms with van der Waals surface area (Å²) in [5, 5.41) is 12.8. The number of rotatable bonds is 8. The maximum absolute atomic E-state index is 3.04. The molecule has 328 valence electrons. The Bertz CT molecular complexity index is 4130. The van der Waals surface area contributed by atoms with Gasteiger partial charge in [0, 0.05) is 49.3 Å². The van der Waals surface area contributed by atoms with E-state index in [9.17, 15) is 0 Å². The average molecular weight is 908 g/mol. The number of hydrogen-bond acceptors (Lipinski definition) is 0. The Kier molecular flexibility index (Phi) is 9.23. The molecule has 0 bridgehead atoms. The van der Waals surface area contributed by atoms with Crippen LogP contribution in [0, 0.1) is 0 Å². The van der Waals surface area contributed by atoms with Crippen LogP contribution in [0.3, 0.4) is 0 Å². The second-order valence-electron chi connectivity index (χ2n) is 18.4. The first kappa shape index (κ1) is 40.1. The third-order valence-corrected chi connectivity index (χ3v) is 19.6. The van der Waals surface area contributed by atoms with Crippen LogP contribution in [0.25, 0.3) is 93.6 Å². The maximum Gasteiger partial charge on any atom is 0.181 e. The maximum atomic E-state index is 2.59. The Hall–Kier alpha value is -8.96. The minimum atomic E-state index is -3.04. The molecule has 0 aliphatic heterocycles. The summed E-state index contributed by atoms with van der Waals surface area (Å²) >= 11 is 0. The Labute approximate surface area is 407 Å². The number of aromatic nitrogens is 3. The molecule has 14 aromatic rings. The molecule has 4 heteroatoms. The SMILES string of the molecule is c1ccc(-c2ccccc2-n2c3ccccc3c3cc(-n4c5ccc(-n6c7ccccc7c7ccccc76)cc5c5cccc([Si](c6ccccc6)(c6ccccc6)c6ccccc6)c54)ccc32)cc1. The Morgan fingerprint density at radius 3 is 1.23 bits per heavy atom. The number of nitrogens with zero attached hydrogens (tertiary/aromatic N) is 3. The van der Waals surface area contributed by atoms with Crippen molar-refractivity contribution in [1.29, 1.82) is 0 Å². The molecule has 0 N–H and O–H groups in total. The van der Waals surface area contributed by atoms with Crippen molar-refractivity contribution in [1.82, 2.24) is 13.7 Å². The van der Waals surface area contributed by atoms with Gasteiger partial charge in [-0.1, -0.05) is 212 Å². The molecule has 11 aromatic carbocycles. The van der Waals surface area contributed by atoms with Gasteiger partial charge in [-0.05, 0) is 87.0 Å². The molecular weight excluding hydrogens is 863 g/mol. The fourth-order valence-electron chi connectivity index (χ4n) is 11.9. The van der Waals surface area contributed by atoms with E-state index in [1.54, 1.807) is 0 Å². The van der Waals surface area contributed by atoms with Crippen LogP contribution < -0.4 is 20.7 Å². The fourth-order valence-corrected chi connectivity index (χ4v) is 16.8. The summed E-state index contributed by atoms with van der Waals surface area (Å²) in [5.41, 5.74) is 13.0. The third-order valence-electron chi connectivity index (χ3n) is 14.8. The zero-order valence-electron chi connectivity index (χ0n) is 38.3. The van der Waals surface area contributed by atoms with Gasteiger partial charge in [-0.3, -0.25) is 0 Å². The van der Waals surface area contributed by atoms with E-state index in [2.05, 4.69) is 287 Å². The molecule has 70 heavy (non-hydrogen) atoms. The summed E-state index contributed by atoms with van der Waals surface area (Å²) < 4.78 is 7.50. The van der Waals surface area contributed by atoms with E-state index in [-0.39, 0.29) is 0 Å². The summed E-state index contributed by atoms with van der Waals surface area (Å²) in [5.74, 6) is 0. The van der Waals surface area contributed by atoms with E-state index in [1.165, 1.54) is 97.3 Å². The fraction of sp³-hybridized carbons (Fsp3) is 0. The van der Waals surface area contributed by atoms with Crippen molar-refractivity contribution in [3.63, 3.8) is 0 Å². The van der Waals surface area contributed by atoms with Crippen molar-refractivity contribution in [3.8, 4) is 28.2 Å². The largest absolute Gasteiger partial charge is 0.309 e. The third kappa shape index (κ3) is 5.94.